The first kappa shape index (κ1) is 12.5. The molecule has 0 aromatic rings. The van der Waals surface area contributed by atoms with Gasteiger partial charge in [0.1, 0.15) is 0 Å². The largest absolute Gasteiger partial charge is 0.396 e. The first-order chi connectivity index (χ1) is 7.13. The quantitative estimate of drug-likeness (QED) is 0.570. The first-order valence-electron chi connectivity index (χ1n) is 5.75. The van der Waals surface area contributed by atoms with Crippen LogP contribution in [0.1, 0.15) is 33.1 Å². The molecule has 4 nitrogen and oxygen atoms in total. The molecule has 3 N–H and O–H groups in total. The Kier molecular flexibility index (Phi) is 4.54. The summed E-state index contributed by atoms with van der Waals surface area (Å²) in [7, 11) is 0. The van der Waals surface area contributed by atoms with E-state index in [4.69, 9.17) is 5.11 Å². The molecule has 0 aromatic heterocycles. The SMILES string of the molecule is CCCNC(=O)C(C)NCC1(CO)CC1. The number of carbonyl (C=O) groups is 1. The molecule has 0 bridgehead atoms. The number of hydrogen-bond donors (Lipinski definition) is 3. The second-order valence-electron chi connectivity index (χ2n) is 4.55. The van der Waals surface area contributed by atoms with Crippen LogP contribution in [0.2, 0.25) is 0 Å². The van der Waals surface area contributed by atoms with E-state index in [0.717, 1.165) is 32.4 Å². The molecule has 1 rings (SSSR count). The third-order valence-electron chi connectivity index (χ3n) is 3.02. The van der Waals surface area contributed by atoms with E-state index in [1.54, 1.807) is 0 Å². The highest BCUT2D eigenvalue weighted by atomic mass is 16.3. The third kappa shape index (κ3) is 3.80. The third-order valence-corrected chi connectivity index (χ3v) is 3.02. The molecule has 1 unspecified atom stereocenters. The van der Waals surface area contributed by atoms with Gasteiger partial charge in [0.05, 0.1) is 6.04 Å². The molecule has 0 aliphatic heterocycles. The Morgan fingerprint density at radius 2 is 2.20 bits per heavy atom. The molecular formula is C11H22N2O2. The zero-order chi connectivity index (χ0) is 11.3. The maximum absolute atomic E-state index is 11.5. The van der Waals surface area contributed by atoms with Gasteiger partial charge in [-0.1, -0.05) is 6.92 Å². The molecule has 1 saturated carbocycles. The van der Waals surface area contributed by atoms with Gasteiger partial charge in [-0.3, -0.25) is 4.79 Å². The predicted octanol–water partition coefficient (Wildman–Crippen LogP) is 0.263. The molecule has 1 atom stereocenters. The van der Waals surface area contributed by atoms with Crippen molar-refractivity contribution < 1.29 is 9.90 Å². The van der Waals surface area contributed by atoms with E-state index >= 15 is 0 Å². The molecule has 1 fully saturated rings. The normalized spacial score (nSPS) is 19.7. The lowest BCUT2D eigenvalue weighted by Gasteiger charge is -2.17. The van der Waals surface area contributed by atoms with E-state index in [0.29, 0.717) is 0 Å². The fourth-order valence-electron chi connectivity index (χ4n) is 1.43. The van der Waals surface area contributed by atoms with Crippen molar-refractivity contribution >= 4 is 5.91 Å². The number of aliphatic hydroxyl groups is 1. The lowest BCUT2D eigenvalue weighted by Crippen LogP contribution is -2.44. The summed E-state index contributed by atoms with van der Waals surface area (Å²) in [5, 5.41) is 15.1. The van der Waals surface area contributed by atoms with Crippen LogP contribution in [-0.2, 0) is 4.79 Å². The van der Waals surface area contributed by atoms with Crippen molar-refractivity contribution in [1.82, 2.24) is 10.6 Å². The average molecular weight is 214 g/mol. The second kappa shape index (κ2) is 5.47. The summed E-state index contributed by atoms with van der Waals surface area (Å²) in [6.45, 7) is 5.59. The Balaban J connectivity index is 2.17. The van der Waals surface area contributed by atoms with Gasteiger partial charge in [0, 0.05) is 25.1 Å². The summed E-state index contributed by atoms with van der Waals surface area (Å²) >= 11 is 0. The highest BCUT2D eigenvalue weighted by molar-refractivity contribution is 5.81. The summed E-state index contributed by atoms with van der Waals surface area (Å²) < 4.78 is 0. The van der Waals surface area contributed by atoms with Crippen LogP contribution in [0.4, 0.5) is 0 Å². The average Bonchev–Trinajstić information content (AvgIpc) is 3.03. The minimum absolute atomic E-state index is 0.0468. The van der Waals surface area contributed by atoms with Gasteiger partial charge in [-0.25, -0.2) is 0 Å². The van der Waals surface area contributed by atoms with E-state index in [9.17, 15) is 4.79 Å². The molecule has 1 amide bonds. The molecular weight excluding hydrogens is 192 g/mol. The molecule has 0 spiro atoms. The number of hydrogen-bond acceptors (Lipinski definition) is 3. The van der Waals surface area contributed by atoms with Crippen molar-refractivity contribution in [2.24, 2.45) is 5.41 Å². The Hall–Kier alpha value is -0.610. The van der Waals surface area contributed by atoms with Crippen LogP contribution in [0.15, 0.2) is 0 Å². The second-order valence-corrected chi connectivity index (χ2v) is 4.55. The first-order valence-corrected chi connectivity index (χ1v) is 5.75. The summed E-state index contributed by atoms with van der Waals surface area (Å²) in [6.07, 6.45) is 3.10. The van der Waals surface area contributed by atoms with Crippen molar-refractivity contribution in [3.8, 4) is 0 Å². The maximum Gasteiger partial charge on any atom is 0.236 e. The predicted molar refractivity (Wildman–Crippen MR) is 59.5 cm³/mol. The highest BCUT2D eigenvalue weighted by Gasteiger charge is 2.41. The maximum atomic E-state index is 11.5. The molecule has 0 radical (unpaired) electrons. The van der Waals surface area contributed by atoms with Gasteiger partial charge in [0.15, 0.2) is 0 Å². The van der Waals surface area contributed by atoms with Gasteiger partial charge < -0.3 is 15.7 Å². The van der Waals surface area contributed by atoms with Crippen LogP contribution in [0.25, 0.3) is 0 Å². The molecule has 0 heterocycles. The van der Waals surface area contributed by atoms with Crippen LogP contribution in [0.3, 0.4) is 0 Å². The van der Waals surface area contributed by atoms with Crippen molar-refractivity contribution in [2.45, 2.75) is 39.2 Å². The molecule has 0 aromatic carbocycles. The molecule has 88 valence electrons. The lowest BCUT2D eigenvalue weighted by molar-refractivity contribution is -0.122. The number of carbonyl (C=O) groups excluding carboxylic acids is 1. The van der Waals surface area contributed by atoms with Gasteiger partial charge in [0.2, 0.25) is 5.91 Å². The number of nitrogens with one attached hydrogen (secondary N) is 2. The molecule has 4 heteroatoms. The van der Waals surface area contributed by atoms with E-state index in [1.807, 2.05) is 13.8 Å². The Morgan fingerprint density at radius 3 is 2.67 bits per heavy atom. The summed E-state index contributed by atoms with van der Waals surface area (Å²) in [5.41, 5.74) is 0.0687. The Bertz CT molecular complexity index is 215. The minimum Gasteiger partial charge on any atom is -0.396 e. The monoisotopic (exact) mass is 214 g/mol. The molecule has 1 aliphatic rings. The van der Waals surface area contributed by atoms with Crippen LogP contribution in [0, 0.1) is 5.41 Å². The topological polar surface area (TPSA) is 61.4 Å². The standard InChI is InChI=1S/C11H22N2O2/c1-3-6-12-10(15)9(2)13-7-11(8-14)4-5-11/h9,13-14H,3-8H2,1-2H3,(H,12,15). The molecule has 15 heavy (non-hydrogen) atoms. The van der Waals surface area contributed by atoms with E-state index in [-0.39, 0.29) is 24.0 Å². The van der Waals surface area contributed by atoms with Gasteiger partial charge >= 0.3 is 0 Å². The van der Waals surface area contributed by atoms with Gasteiger partial charge in [0.25, 0.3) is 0 Å². The number of rotatable bonds is 7. The van der Waals surface area contributed by atoms with Crippen LogP contribution >= 0.6 is 0 Å². The Morgan fingerprint density at radius 1 is 1.53 bits per heavy atom. The lowest BCUT2D eigenvalue weighted by atomic mass is 10.1. The molecule has 1 aliphatic carbocycles. The van der Waals surface area contributed by atoms with Crippen molar-refractivity contribution in [2.75, 3.05) is 19.7 Å². The van der Waals surface area contributed by atoms with Gasteiger partial charge in [-0.2, -0.15) is 0 Å². The van der Waals surface area contributed by atoms with Crippen molar-refractivity contribution in [3.05, 3.63) is 0 Å². The fourth-order valence-corrected chi connectivity index (χ4v) is 1.43. The summed E-state index contributed by atoms with van der Waals surface area (Å²) in [4.78, 5) is 11.5. The molecule has 0 saturated heterocycles. The zero-order valence-corrected chi connectivity index (χ0v) is 9.68. The van der Waals surface area contributed by atoms with Crippen molar-refractivity contribution in [3.63, 3.8) is 0 Å². The van der Waals surface area contributed by atoms with Gasteiger partial charge in [-0.15, -0.1) is 0 Å². The smallest absolute Gasteiger partial charge is 0.236 e. The highest BCUT2D eigenvalue weighted by Crippen LogP contribution is 2.44. The van der Waals surface area contributed by atoms with E-state index in [2.05, 4.69) is 10.6 Å². The zero-order valence-electron chi connectivity index (χ0n) is 9.68. The van der Waals surface area contributed by atoms with E-state index < -0.39 is 0 Å². The summed E-state index contributed by atoms with van der Waals surface area (Å²) in [6, 6.07) is -0.166. The van der Waals surface area contributed by atoms with Crippen LogP contribution in [0.5, 0.6) is 0 Å². The number of amides is 1. The van der Waals surface area contributed by atoms with Crippen LogP contribution < -0.4 is 10.6 Å². The minimum atomic E-state index is -0.166. The van der Waals surface area contributed by atoms with E-state index in [1.165, 1.54) is 0 Å². The van der Waals surface area contributed by atoms with Gasteiger partial charge in [-0.05, 0) is 26.2 Å². The Labute approximate surface area is 91.4 Å². The fraction of sp³-hybridized carbons (Fsp3) is 0.909. The summed E-state index contributed by atoms with van der Waals surface area (Å²) in [5.74, 6) is 0.0468. The van der Waals surface area contributed by atoms with Crippen molar-refractivity contribution in [1.29, 1.82) is 0 Å². The van der Waals surface area contributed by atoms with Crippen LogP contribution in [-0.4, -0.2) is 36.8 Å². The number of aliphatic hydroxyl groups excluding tert-OH is 1.